The standard InChI is InChI=1S/C13H18N2O4S/c14-20(17,18)12-6-3-4-10(8-12)13(16)15-9-11-5-1-2-7-19-11/h3-4,6,8,11H,1-2,5,7,9H2,(H,15,16)(H2,14,17,18). The van der Waals surface area contributed by atoms with Gasteiger partial charge in [0, 0.05) is 18.7 Å². The van der Waals surface area contributed by atoms with Crippen LogP contribution in [-0.4, -0.2) is 33.6 Å². The van der Waals surface area contributed by atoms with Crippen molar-refractivity contribution in [1.29, 1.82) is 0 Å². The number of benzene rings is 1. The molecule has 0 saturated carbocycles. The van der Waals surface area contributed by atoms with E-state index in [2.05, 4.69) is 5.32 Å². The van der Waals surface area contributed by atoms with Crippen molar-refractivity contribution in [1.82, 2.24) is 5.32 Å². The summed E-state index contributed by atoms with van der Waals surface area (Å²) < 4.78 is 28.0. The summed E-state index contributed by atoms with van der Waals surface area (Å²) in [5, 5.41) is 7.78. The first kappa shape index (κ1) is 15.0. The topological polar surface area (TPSA) is 98.5 Å². The highest BCUT2D eigenvalue weighted by atomic mass is 32.2. The van der Waals surface area contributed by atoms with E-state index in [1.54, 1.807) is 6.07 Å². The van der Waals surface area contributed by atoms with Crippen LogP contribution in [0.3, 0.4) is 0 Å². The second-order valence-corrected chi connectivity index (χ2v) is 6.33. The van der Waals surface area contributed by atoms with Gasteiger partial charge in [0.1, 0.15) is 0 Å². The average Bonchev–Trinajstić information content (AvgIpc) is 2.45. The minimum absolute atomic E-state index is 0.0362. The van der Waals surface area contributed by atoms with Crippen LogP contribution >= 0.6 is 0 Å². The predicted octanol–water partition coefficient (Wildman–Crippen LogP) is 0.633. The summed E-state index contributed by atoms with van der Waals surface area (Å²) in [7, 11) is -3.80. The molecule has 1 saturated heterocycles. The maximum absolute atomic E-state index is 12.0. The zero-order chi connectivity index (χ0) is 14.6. The molecule has 3 N–H and O–H groups in total. The first-order valence-corrected chi connectivity index (χ1v) is 8.04. The van der Waals surface area contributed by atoms with Crippen LogP contribution in [0, 0.1) is 0 Å². The Labute approximate surface area is 118 Å². The third-order valence-corrected chi connectivity index (χ3v) is 4.10. The van der Waals surface area contributed by atoms with Gasteiger partial charge in [-0.2, -0.15) is 0 Å². The SMILES string of the molecule is NS(=O)(=O)c1cccc(C(=O)NCC2CCCCO2)c1. The smallest absolute Gasteiger partial charge is 0.251 e. The lowest BCUT2D eigenvalue weighted by molar-refractivity contribution is 0.0169. The number of ether oxygens (including phenoxy) is 1. The van der Waals surface area contributed by atoms with Crippen LogP contribution in [0.5, 0.6) is 0 Å². The number of amides is 1. The van der Waals surface area contributed by atoms with E-state index in [9.17, 15) is 13.2 Å². The number of hydrogen-bond acceptors (Lipinski definition) is 4. The Kier molecular flexibility index (Phi) is 4.74. The van der Waals surface area contributed by atoms with Gasteiger partial charge in [0.25, 0.3) is 5.91 Å². The van der Waals surface area contributed by atoms with Crippen molar-refractivity contribution in [2.75, 3.05) is 13.2 Å². The van der Waals surface area contributed by atoms with Gasteiger partial charge < -0.3 is 10.1 Å². The molecule has 0 bridgehead atoms. The summed E-state index contributed by atoms with van der Waals surface area (Å²) in [5.41, 5.74) is 0.271. The third-order valence-electron chi connectivity index (χ3n) is 3.19. The summed E-state index contributed by atoms with van der Waals surface area (Å²) in [6.07, 6.45) is 3.12. The highest BCUT2D eigenvalue weighted by Crippen LogP contribution is 2.13. The van der Waals surface area contributed by atoms with E-state index < -0.39 is 10.0 Å². The Morgan fingerprint density at radius 3 is 2.85 bits per heavy atom. The molecule has 1 heterocycles. The number of sulfonamides is 1. The van der Waals surface area contributed by atoms with Gasteiger partial charge >= 0.3 is 0 Å². The molecule has 6 nitrogen and oxygen atoms in total. The number of nitrogens with one attached hydrogen (secondary N) is 1. The summed E-state index contributed by atoms with van der Waals surface area (Å²) in [6.45, 7) is 1.15. The van der Waals surface area contributed by atoms with Crippen molar-refractivity contribution >= 4 is 15.9 Å². The first-order chi connectivity index (χ1) is 9.47. The van der Waals surface area contributed by atoms with Crippen molar-refractivity contribution in [3.63, 3.8) is 0 Å². The number of rotatable bonds is 4. The predicted molar refractivity (Wildman–Crippen MR) is 73.7 cm³/mol. The highest BCUT2D eigenvalue weighted by molar-refractivity contribution is 7.89. The van der Waals surface area contributed by atoms with Crippen LogP contribution in [-0.2, 0) is 14.8 Å². The fourth-order valence-electron chi connectivity index (χ4n) is 2.09. The van der Waals surface area contributed by atoms with Crippen molar-refractivity contribution in [3.8, 4) is 0 Å². The van der Waals surface area contributed by atoms with Gasteiger partial charge in [-0.3, -0.25) is 4.79 Å². The Morgan fingerprint density at radius 2 is 2.20 bits per heavy atom. The molecular weight excluding hydrogens is 280 g/mol. The quantitative estimate of drug-likeness (QED) is 0.852. The van der Waals surface area contributed by atoms with Gasteiger partial charge in [-0.1, -0.05) is 6.07 Å². The van der Waals surface area contributed by atoms with Gasteiger partial charge in [0.2, 0.25) is 10.0 Å². The van der Waals surface area contributed by atoms with E-state index in [1.165, 1.54) is 18.2 Å². The van der Waals surface area contributed by atoms with Gasteiger partial charge in [-0.05, 0) is 37.5 Å². The third kappa shape index (κ3) is 4.03. The van der Waals surface area contributed by atoms with E-state index in [4.69, 9.17) is 9.88 Å². The average molecular weight is 298 g/mol. The largest absolute Gasteiger partial charge is 0.376 e. The monoisotopic (exact) mass is 298 g/mol. The summed E-state index contributed by atoms with van der Waals surface area (Å²) in [6, 6.07) is 5.67. The molecular formula is C13H18N2O4S. The lowest BCUT2D eigenvalue weighted by atomic mass is 10.1. The summed E-state index contributed by atoms with van der Waals surface area (Å²) >= 11 is 0. The summed E-state index contributed by atoms with van der Waals surface area (Å²) in [5.74, 6) is -0.329. The summed E-state index contributed by atoms with van der Waals surface area (Å²) in [4.78, 5) is 11.9. The normalized spacial score (nSPS) is 19.6. The van der Waals surface area contributed by atoms with Gasteiger partial charge in [-0.25, -0.2) is 13.6 Å². The van der Waals surface area contributed by atoms with E-state index >= 15 is 0 Å². The van der Waals surface area contributed by atoms with Crippen molar-refractivity contribution < 1.29 is 17.9 Å². The fourth-order valence-corrected chi connectivity index (χ4v) is 2.65. The molecule has 20 heavy (non-hydrogen) atoms. The number of primary sulfonamides is 1. The van der Waals surface area contributed by atoms with Crippen LogP contribution in [0.25, 0.3) is 0 Å². The van der Waals surface area contributed by atoms with Crippen LogP contribution in [0.2, 0.25) is 0 Å². The van der Waals surface area contributed by atoms with Gasteiger partial charge in [-0.15, -0.1) is 0 Å². The minimum Gasteiger partial charge on any atom is -0.376 e. The molecule has 110 valence electrons. The maximum atomic E-state index is 12.0. The fraction of sp³-hybridized carbons (Fsp3) is 0.462. The van der Waals surface area contributed by atoms with E-state index in [-0.39, 0.29) is 22.5 Å². The van der Waals surface area contributed by atoms with Crippen LogP contribution in [0.4, 0.5) is 0 Å². The molecule has 1 fully saturated rings. The number of carbonyl (C=O) groups excluding carboxylic acids is 1. The van der Waals surface area contributed by atoms with Crippen LogP contribution < -0.4 is 10.5 Å². The van der Waals surface area contributed by atoms with Crippen LogP contribution in [0.1, 0.15) is 29.6 Å². The van der Waals surface area contributed by atoms with Crippen molar-refractivity contribution in [2.45, 2.75) is 30.3 Å². The lowest BCUT2D eigenvalue weighted by Crippen LogP contribution is -2.35. The molecule has 1 aromatic rings. The molecule has 1 unspecified atom stereocenters. The molecule has 0 aromatic heterocycles. The van der Waals surface area contributed by atoms with Gasteiger partial charge in [0.05, 0.1) is 11.0 Å². The molecule has 2 rings (SSSR count). The molecule has 0 aliphatic carbocycles. The minimum atomic E-state index is -3.80. The van der Waals surface area contributed by atoms with Crippen molar-refractivity contribution in [3.05, 3.63) is 29.8 Å². The lowest BCUT2D eigenvalue weighted by Gasteiger charge is -2.22. The number of nitrogens with two attached hydrogens (primary N) is 1. The maximum Gasteiger partial charge on any atom is 0.251 e. The molecule has 0 spiro atoms. The molecule has 7 heteroatoms. The Hall–Kier alpha value is -1.44. The molecule has 1 atom stereocenters. The molecule has 1 aliphatic rings. The number of carbonyl (C=O) groups is 1. The first-order valence-electron chi connectivity index (χ1n) is 6.49. The Balaban J connectivity index is 1.98. The van der Waals surface area contributed by atoms with E-state index in [1.807, 2.05) is 0 Å². The molecule has 1 amide bonds. The van der Waals surface area contributed by atoms with Crippen LogP contribution in [0.15, 0.2) is 29.2 Å². The van der Waals surface area contributed by atoms with Gasteiger partial charge in [0.15, 0.2) is 0 Å². The Morgan fingerprint density at radius 1 is 1.40 bits per heavy atom. The molecule has 1 aliphatic heterocycles. The zero-order valence-corrected chi connectivity index (χ0v) is 11.9. The second kappa shape index (κ2) is 6.34. The Bertz CT molecular complexity index is 580. The molecule has 1 aromatic carbocycles. The molecule has 0 radical (unpaired) electrons. The number of hydrogen-bond donors (Lipinski definition) is 2. The van der Waals surface area contributed by atoms with E-state index in [0.29, 0.717) is 6.54 Å². The second-order valence-electron chi connectivity index (χ2n) is 4.77. The van der Waals surface area contributed by atoms with E-state index in [0.717, 1.165) is 25.9 Å². The highest BCUT2D eigenvalue weighted by Gasteiger charge is 2.16. The zero-order valence-electron chi connectivity index (χ0n) is 11.0. The van der Waals surface area contributed by atoms with Crippen molar-refractivity contribution in [2.24, 2.45) is 5.14 Å².